The standard InChI is InChI=1S/C14H22F2N4O3/c1-8(2)6-20-11(12(15)16)10(5-17-20)18-14(23)19(4)7-9(3)13(21)22/h5,8-9,12H,6-7H2,1-4H3,(H,18,23)(H,21,22). The summed E-state index contributed by atoms with van der Waals surface area (Å²) in [6.45, 7) is 5.47. The molecule has 1 rings (SSSR count). The van der Waals surface area contributed by atoms with E-state index in [1.807, 2.05) is 13.8 Å². The van der Waals surface area contributed by atoms with Gasteiger partial charge in [-0.15, -0.1) is 0 Å². The molecule has 2 N–H and O–H groups in total. The van der Waals surface area contributed by atoms with Crippen LogP contribution in [0.3, 0.4) is 0 Å². The van der Waals surface area contributed by atoms with Crippen LogP contribution in [0.25, 0.3) is 0 Å². The van der Waals surface area contributed by atoms with E-state index in [2.05, 4.69) is 10.4 Å². The first kappa shape index (κ1) is 18.9. The van der Waals surface area contributed by atoms with Gasteiger partial charge in [0.05, 0.1) is 17.8 Å². The monoisotopic (exact) mass is 332 g/mol. The lowest BCUT2D eigenvalue weighted by atomic mass is 10.2. The van der Waals surface area contributed by atoms with Crippen LogP contribution < -0.4 is 5.32 Å². The number of hydrogen-bond donors (Lipinski definition) is 2. The SMILES string of the molecule is CC(C)Cn1ncc(NC(=O)N(C)CC(C)C(=O)O)c1C(F)F. The summed E-state index contributed by atoms with van der Waals surface area (Å²) < 4.78 is 27.6. The van der Waals surface area contributed by atoms with Gasteiger partial charge in [0.25, 0.3) is 6.43 Å². The molecule has 0 spiro atoms. The zero-order valence-corrected chi connectivity index (χ0v) is 13.6. The molecule has 0 aliphatic rings. The van der Waals surface area contributed by atoms with Crippen LogP contribution in [0.4, 0.5) is 19.3 Å². The van der Waals surface area contributed by atoms with E-state index in [0.717, 1.165) is 4.90 Å². The minimum atomic E-state index is -2.78. The maximum Gasteiger partial charge on any atom is 0.321 e. The van der Waals surface area contributed by atoms with Gasteiger partial charge in [-0.2, -0.15) is 5.10 Å². The van der Waals surface area contributed by atoms with E-state index >= 15 is 0 Å². The molecule has 0 bridgehead atoms. The van der Waals surface area contributed by atoms with Crippen LogP contribution in [-0.4, -0.2) is 45.4 Å². The molecule has 0 radical (unpaired) electrons. The molecule has 0 aliphatic carbocycles. The minimum absolute atomic E-state index is 0.0364. The maximum atomic E-state index is 13.2. The molecular formula is C14H22F2N4O3. The van der Waals surface area contributed by atoms with E-state index in [1.54, 1.807) is 0 Å². The molecule has 130 valence electrons. The van der Waals surface area contributed by atoms with Crippen molar-refractivity contribution in [3.8, 4) is 0 Å². The van der Waals surface area contributed by atoms with Crippen molar-refractivity contribution >= 4 is 17.7 Å². The molecule has 1 atom stereocenters. The summed E-state index contributed by atoms with van der Waals surface area (Å²) in [4.78, 5) is 23.9. The average Bonchev–Trinajstić information content (AvgIpc) is 2.80. The summed E-state index contributed by atoms with van der Waals surface area (Å²) in [5.41, 5.74) is -0.424. The average molecular weight is 332 g/mol. The molecule has 0 saturated carbocycles. The van der Waals surface area contributed by atoms with E-state index in [1.165, 1.54) is 24.9 Å². The molecular weight excluding hydrogens is 310 g/mol. The number of nitrogens with one attached hydrogen (secondary N) is 1. The highest BCUT2D eigenvalue weighted by molar-refractivity contribution is 5.90. The number of aliphatic carboxylic acids is 1. The fraction of sp³-hybridized carbons (Fsp3) is 0.643. The number of amides is 2. The lowest BCUT2D eigenvalue weighted by Gasteiger charge is -2.20. The van der Waals surface area contributed by atoms with Gasteiger partial charge in [0.1, 0.15) is 5.69 Å². The highest BCUT2D eigenvalue weighted by Crippen LogP contribution is 2.27. The Morgan fingerprint density at radius 1 is 1.39 bits per heavy atom. The summed E-state index contributed by atoms with van der Waals surface area (Å²) in [5.74, 6) is -1.68. The highest BCUT2D eigenvalue weighted by atomic mass is 19.3. The van der Waals surface area contributed by atoms with E-state index < -0.39 is 24.3 Å². The number of hydrogen-bond acceptors (Lipinski definition) is 3. The second-order valence-corrected chi connectivity index (χ2v) is 5.87. The molecule has 9 heteroatoms. The molecule has 0 saturated heterocycles. The van der Waals surface area contributed by atoms with Crippen LogP contribution in [0.2, 0.25) is 0 Å². The van der Waals surface area contributed by atoms with Crippen LogP contribution in [-0.2, 0) is 11.3 Å². The second kappa shape index (κ2) is 7.89. The van der Waals surface area contributed by atoms with E-state index in [-0.39, 0.29) is 23.8 Å². The van der Waals surface area contributed by atoms with Crippen molar-refractivity contribution < 1.29 is 23.5 Å². The van der Waals surface area contributed by atoms with Crippen LogP contribution in [0.15, 0.2) is 6.20 Å². The summed E-state index contributed by atoms with van der Waals surface area (Å²) >= 11 is 0. The fourth-order valence-electron chi connectivity index (χ4n) is 2.00. The molecule has 1 unspecified atom stereocenters. The van der Waals surface area contributed by atoms with Crippen molar-refractivity contribution in [3.05, 3.63) is 11.9 Å². The minimum Gasteiger partial charge on any atom is -0.481 e. The lowest BCUT2D eigenvalue weighted by molar-refractivity contribution is -0.141. The zero-order chi connectivity index (χ0) is 17.7. The van der Waals surface area contributed by atoms with Gasteiger partial charge >= 0.3 is 12.0 Å². The van der Waals surface area contributed by atoms with Gasteiger partial charge in [0, 0.05) is 20.1 Å². The highest BCUT2D eigenvalue weighted by Gasteiger charge is 2.24. The second-order valence-electron chi connectivity index (χ2n) is 5.87. The number of carboxylic acid groups (broad SMARTS) is 1. The Hall–Kier alpha value is -2.19. The maximum absolute atomic E-state index is 13.2. The first-order chi connectivity index (χ1) is 10.6. The number of rotatable bonds is 7. The number of anilines is 1. The Labute approximate surface area is 133 Å². The molecule has 0 aliphatic heterocycles. The van der Waals surface area contributed by atoms with E-state index in [9.17, 15) is 18.4 Å². The topological polar surface area (TPSA) is 87.5 Å². The van der Waals surface area contributed by atoms with Crippen LogP contribution in [0.1, 0.15) is 32.9 Å². The van der Waals surface area contributed by atoms with Gasteiger partial charge in [-0.3, -0.25) is 9.48 Å². The first-order valence-corrected chi connectivity index (χ1v) is 7.22. The molecule has 1 heterocycles. The Kier molecular flexibility index (Phi) is 6.47. The molecule has 1 aromatic rings. The van der Waals surface area contributed by atoms with Gasteiger partial charge in [0.2, 0.25) is 0 Å². The Morgan fingerprint density at radius 3 is 2.48 bits per heavy atom. The number of nitrogens with zero attached hydrogens (tertiary/aromatic N) is 3. The number of carbonyl (C=O) groups excluding carboxylic acids is 1. The van der Waals surface area contributed by atoms with Gasteiger partial charge in [0.15, 0.2) is 0 Å². The number of carbonyl (C=O) groups is 2. The number of carboxylic acids is 1. The lowest BCUT2D eigenvalue weighted by Crippen LogP contribution is -2.36. The van der Waals surface area contributed by atoms with Crippen molar-refractivity contribution in [2.75, 3.05) is 18.9 Å². The Balaban J connectivity index is 2.85. The van der Waals surface area contributed by atoms with E-state index in [0.29, 0.717) is 6.54 Å². The van der Waals surface area contributed by atoms with Crippen LogP contribution in [0, 0.1) is 11.8 Å². The molecule has 2 amide bonds. The zero-order valence-electron chi connectivity index (χ0n) is 13.6. The smallest absolute Gasteiger partial charge is 0.321 e. The Morgan fingerprint density at radius 2 is 2.00 bits per heavy atom. The number of aromatic nitrogens is 2. The predicted molar refractivity (Wildman–Crippen MR) is 80.5 cm³/mol. The van der Waals surface area contributed by atoms with Gasteiger partial charge < -0.3 is 15.3 Å². The summed E-state index contributed by atoms with van der Waals surface area (Å²) in [6, 6.07) is -0.663. The summed E-state index contributed by atoms with van der Waals surface area (Å²) in [5, 5.41) is 15.1. The molecule has 1 aromatic heterocycles. The van der Waals surface area contributed by atoms with Crippen molar-refractivity contribution in [1.29, 1.82) is 0 Å². The van der Waals surface area contributed by atoms with Crippen molar-refractivity contribution in [1.82, 2.24) is 14.7 Å². The molecule has 0 fully saturated rings. The largest absolute Gasteiger partial charge is 0.481 e. The first-order valence-electron chi connectivity index (χ1n) is 7.22. The third kappa shape index (κ3) is 5.19. The van der Waals surface area contributed by atoms with E-state index in [4.69, 9.17) is 5.11 Å². The van der Waals surface area contributed by atoms with Crippen LogP contribution >= 0.6 is 0 Å². The number of alkyl halides is 2. The predicted octanol–water partition coefficient (Wildman–Crippen LogP) is 2.66. The third-order valence-electron chi connectivity index (χ3n) is 3.18. The van der Waals surface area contributed by atoms with Crippen molar-refractivity contribution in [3.63, 3.8) is 0 Å². The summed E-state index contributed by atoms with van der Waals surface area (Å²) in [7, 11) is 1.40. The Bertz CT molecular complexity index is 560. The third-order valence-corrected chi connectivity index (χ3v) is 3.18. The molecule has 0 aromatic carbocycles. The van der Waals surface area contributed by atoms with Gasteiger partial charge in [-0.25, -0.2) is 13.6 Å². The van der Waals surface area contributed by atoms with Gasteiger partial charge in [-0.05, 0) is 5.92 Å². The summed E-state index contributed by atoms with van der Waals surface area (Å²) in [6.07, 6.45) is -1.61. The van der Waals surface area contributed by atoms with Crippen LogP contribution in [0.5, 0.6) is 0 Å². The quantitative estimate of drug-likeness (QED) is 0.803. The molecule has 23 heavy (non-hydrogen) atoms. The van der Waals surface area contributed by atoms with Crippen molar-refractivity contribution in [2.45, 2.75) is 33.7 Å². The normalized spacial score (nSPS) is 12.5. The fourth-order valence-corrected chi connectivity index (χ4v) is 2.00. The van der Waals surface area contributed by atoms with Gasteiger partial charge in [-0.1, -0.05) is 20.8 Å². The molecule has 7 nitrogen and oxygen atoms in total. The number of urea groups is 1. The number of halogens is 2. The van der Waals surface area contributed by atoms with Crippen molar-refractivity contribution in [2.24, 2.45) is 11.8 Å².